The Labute approximate surface area is 493 Å². The van der Waals surface area contributed by atoms with Crippen LogP contribution >= 0.6 is 0 Å². The molecule has 0 aromatic carbocycles. The summed E-state index contributed by atoms with van der Waals surface area (Å²) in [5.41, 5.74) is 0. The molecular formula is C73H138O6. The highest BCUT2D eigenvalue weighted by molar-refractivity contribution is 5.71. The van der Waals surface area contributed by atoms with Gasteiger partial charge in [0.15, 0.2) is 6.10 Å². The van der Waals surface area contributed by atoms with Crippen LogP contribution in [0.4, 0.5) is 0 Å². The quantitative estimate of drug-likeness (QED) is 0.0261. The second-order valence-electron chi connectivity index (χ2n) is 24.5. The first-order valence-corrected chi connectivity index (χ1v) is 35.8. The zero-order chi connectivity index (χ0) is 57.1. The van der Waals surface area contributed by atoms with Gasteiger partial charge in [-0.3, -0.25) is 14.4 Å². The number of unbranched alkanes of at least 4 members (excludes halogenated alkanes) is 52. The van der Waals surface area contributed by atoms with E-state index in [1.54, 1.807) is 0 Å². The molecule has 0 N–H and O–H groups in total. The molecule has 0 saturated heterocycles. The Hall–Kier alpha value is -2.11. The summed E-state index contributed by atoms with van der Waals surface area (Å²) in [5, 5.41) is 0. The van der Waals surface area contributed by atoms with Crippen molar-refractivity contribution in [2.45, 2.75) is 412 Å². The van der Waals surface area contributed by atoms with Crippen LogP contribution in [0.5, 0.6) is 0 Å². The van der Waals surface area contributed by atoms with Crippen molar-refractivity contribution in [1.82, 2.24) is 0 Å². The molecule has 0 rings (SSSR count). The number of ether oxygens (including phenoxy) is 3. The second kappa shape index (κ2) is 68.4. The topological polar surface area (TPSA) is 78.9 Å². The second-order valence-corrected chi connectivity index (χ2v) is 24.5. The molecule has 0 heterocycles. The van der Waals surface area contributed by atoms with Gasteiger partial charge in [0.05, 0.1) is 0 Å². The van der Waals surface area contributed by atoms with E-state index in [0.717, 1.165) is 77.0 Å². The van der Waals surface area contributed by atoms with Gasteiger partial charge in [0.2, 0.25) is 0 Å². The molecule has 6 nitrogen and oxygen atoms in total. The summed E-state index contributed by atoms with van der Waals surface area (Å²) in [6, 6.07) is 0. The maximum Gasteiger partial charge on any atom is 0.306 e. The zero-order valence-electron chi connectivity index (χ0n) is 53.7. The first kappa shape index (κ1) is 76.9. The molecule has 0 aromatic rings. The van der Waals surface area contributed by atoms with Crippen LogP contribution in [-0.2, 0) is 28.6 Å². The lowest BCUT2D eigenvalue weighted by molar-refractivity contribution is -0.167. The van der Waals surface area contributed by atoms with Crippen molar-refractivity contribution in [2.75, 3.05) is 13.2 Å². The van der Waals surface area contributed by atoms with Crippen LogP contribution < -0.4 is 0 Å². The highest BCUT2D eigenvalue weighted by Crippen LogP contribution is 2.19. The van der Waals surface area contributed by atoms with E-state index in [2.05, 4.69) is 45.1 Å². The summed E-state index contributed by atoms with van der Waals surface area (Å²) in [6.07, 6.45) is 83.8. The van der Waals surface area contributed by atoms with E-state index in [-0.39, 0.29) is 31.1 Å². The van der Waals surface area contributed by atoms with Crippen LogP contribution in [0.1, 0.15) is 406 Å². The Morgan fingerprint density at radius 1 is 0.253 bits per heavy atom. The number of esters is 3. The van der Waals surface area contributed by atoms with E-state index in [1.165, 1.54) is 289 Å². The van der Waals surface area contributed by atoms with Crippen LogP contribution in [0.2, 0.25) is 0 Å². The van der Waals surface area contributed by atoms with Crippen LogP contribution in [0.3, 0.4) is 0 Å². The third-order valence-corrected chi connectivity index (χ3v) is 16.5. The van der Waals surface area contributed by atoms with Crippen LogP contribution in [-0.4, -0.2) is 37.2 Å². The van der Waals surface area contributed by atoms with Crippen molar-refractivity contribution in [2.24, 2.45) is 0 Å². The number of hydrogen-bond donors (Lipinski definition) is 0. The van der Waals surface area contributed by atoms with Crippen molar-refractivity contribution >= 4 is 17.9 Å². The summed E-state index contributed by atoms with van der Waals surface area (Å²) in [5.74, 6) is -0.856. The fourth-order valence-electron chi connectivity index (χ4n) is 11.1. The van der Waals surface area contributed by atoms with Gasteiger partial charge in [-0.05, 0) is 44.9 Å². The predicted molar refractivity (Wildman–Crippen MR) is 344 cm³/mol. The fraction of sp³-hybridized carbons (Fsp3) is 0.904. The first-order chi connectivity index (χ1) is 39.0. The Balaban J connectivity index is 4.06. The summed E-state index contributed by atoms with van der Waals surface area (Å²) >= 11 is 0. The molecule has 1 unspecified atom stereocenters. The molecule has 1 atom stereocenters. The highest BCUT2D eigenvalue weighted by Gasteiger charge is 2.19. The molecule has 0 saturated carbocycles. The molecule has 0 bridgehead atoms. The third kappa shape index (κ3) is 66.6. The molecule has 0 fully saturated rings. The molecule has 466 valence electrons. The number of hydrogen-bond acceptors (Lipinski definition) is 6. The highest BCUT2D eigenvalue weighted by atomic mass is 16.6. The smallest absolute Gasteiger partial charge is 0.306 e. The van der Waals surface area contributed by atoms with Gasteiger partial charge >= 0.3 is 17.9 Å². The first-order valence-electron chi connectivity index (χ1n) is 35.8. The summed E-state index contributed by atoms with van der Waals surface area (Å²) in [6.45, 7) is 6.66. The van der Waals surface area contributed by atoms with E-state index in [9.17, 15) is 14.4 Å². The van der Waals surface area contributed by atoms with Gasteiger partial charge in [-0.1, -0.05) is 366 Å². The van der Waals surface area contributed by atoms with Gasteiger partial charge in [0.25, 0.3) is 0 Å². The number of rotatable bonds is 67. The van der Waals surface area contributed by atoms with Crippen molar-refractivity contribution in [1.29, 1.82) is 0 Å². The fourth-order valence-corrected chi connectivity index (χ4v) is 11.1. The van der Waals surface area contributed by atoms with E-state index in [4.69, 9.17) is 14.2 Å². The molecule has 0 spiro atoms. The zero-order valence-corrected chi connectivity index (χ0v) is 53.7. The SMILES string of the molecule is CCCC/C=C\C/C=C\CCCCCCCC(=O)OC(COC(=O)CCCCCCCCCCCCCCCC)COC(=O)CCCCCCCCCCCCCCCCCCCCCCCCCCCCCCCCCCC. The lowest BCUT2D eigenvalue weighted by Gasteiger charge is -2.18. The Morgan fingerprint density at radius 3 is 0.734 bits per heavy atom. The monoisotopic (exact) mass is 1110 g/mol. The maximum atomic E-state index is 12.9. The summed E-state index contributed by atoms with van der Waals surface area (Å²) in [7, 11) is 0. The summed E-state index contributed by atoms with van der Waals surface area (Å²) in [4.78, 5) is 38.3. The number of carbonyl (C=O) groups is 3. The van der Waals surface area contributed by atoms with Crippen molar-refractivity contribution in [3.8, 4) is 0 Å². The number of allylic oxidation sites excluding steroid dienone is 4. The molecule has 0 amide bonds. The molecule has 6 heteroatoms. The van der Waals surface area contributed by atoms with Gasteiger partial charge < -0.3 is 14.2 Å². The Morgan fingerprint density at radius 2 is 0.468 bits per heavy atom. The van der Waals surface area contributed by atoms with Crippen molar-refractivity contribution < 1.29 is 28.6 Å². The van der Waals surface area contributed by atoms with Gasteiger partial charge in [-0.2, -0.15) is 0 Å². The molecule has 0 aliphatic rings. The van der Waals surface area contributed by atoms with Crippen LogP contribution in [0.25, 0.3) is 0 Å². The van der Waals surface area contributed by atoms with E-state index in [0.29, 0.717) is 19.3 Å². The van der Waals surface area contributed by atoms with Gasteiger partial charge in [0, 0.05) is 19.3 Å². The molecule has 0 aromatic heterocycles. The van der Waals surface area contributed by atoms with E-state index < -0.39 is 6.10 Å². The molecule has 79 heavy (non-hydrogen) atoms. The van der Waals surface area contributed by atoms with Crippen molar-refractivity contribution in [3.05, 3.63) is 24.3 Å². The van der Waals surface area contributed by atoms with E-state index >= 15 is 0 Å². The van der Waals surface area contributed by atoms with Gasteiger partial charge in [-0.25, -0.2) is 0 Å². The lowest BCUT2D eigenvalue weighted by Crippen LogP contribution is -2.30. The third-order valence-electron chi connectivity index (χ3n) is 16.5. The van der Waals surface area contributed by atoms with Gasteiger partial charge in [-0.15, -0.1) is 0 Å². The van der Waals surface area contributed by atoms with Gasteiger partial charge in [0.1, 0.15) is 13.2 Å². The minimum atomic E-state index is -0.775. The average molecular weight is 1110 g/mol. The lowest BCUT2D eigenvalue weighted by atomic mass is 10.0. The van der Waals surface area contributed by atoms with E-state index in [1.807, 2.05) is 0 Å². The largest absolute Gasteiger partial charge is 0.462 e. The van der Waals surface area contributed by atoms with Crippen molar-refractivity contribution in [3.63, 3.8) is 0 Å². The Kier molecular flexibility index (Phi) is 66.6. The number of carbonyl (C=O) groups excluding carboxylic acids is 3. The maximum absolute atomic E-state index is 12.9. The average Bonchev–Trinajstić information content (AvgIpc) is 3.45. The molecular weight excluding hydrogens is 973 g/mol. The predicted octanol–water partition coefficient (Wildman–Crippen LogP) is 24.6. The Bertz CT molecular complexity index is 1270. The normalized spacial score (nSPS) is 12.1. The molecule has 0 aliphatic heterocycles. The standard InChI is InChI=1S/C73H138O6/c1-4-7-10-13-16-19-22-25-28-29-30-31-32-33-34-35-36-37-38-39-40-41-42-43-44-45-46-49-51-54-57-60-63-66-72(75)78-69-70(79-73(76)67-64-61-58-55-52-48-27-24-21-18-15-12-9-6-3)68-77-71(74)65-62-59-56-53-50-47-26-23-20-17-14-11-8-5-2/h15,18,24,27,70H,4-14,16-17,19-23,25-26,28-69H2,1-3H3/b18-15-,27-24-. The molecule has 0 aliphatic carbocycles. The minimum absolute atomic E-state index is 0.0710. The van der Waals surface area contributed by atoms with Crippen LogP contribution in [0, 0.1) is 0 Å². The molecule has 0 radical (unpaired) electrons. The summed E-state index contributed by atoms with van der Waals surface area (Å²) < 4.78 is 16.9. The minimum Gasteiger partial charge on any atom is -0.462 e. The van der Waals surface area contributed by atoms with Crippen LogP contribution in [0.15, 0.2) is 24.3 Å².